The van der Waals surface area contributed by atoms with E-state index >= 15 is 0 Å². The summed E-state index contributed by atoms with van der Waals surface area (Å²) < 4.78 is 47.7. The van der Waals surface area contributed by atoms with Gasteiger partial charge in [-0.15, -0.1) is 0 Å². The highest BCUT2D eigenvalue weighted by Crippen LogP contribution is 2.33. The number of thioether (sulfide) groups is 1. The molecule has 204 valence electrons. The molecule has 6 N–H and O–H groups in total. The number of ether oxygens (including phenoxy) is 3. The lowest BCUT2D eigenvalue weighted by atomic mass is 10.0. The molecular weight excluding hydrogens is 497 g/mol. The highest BCUT2D eigenvalue weighted by molar-refractivity contribution is 8.00. The zero-order valence-corrected chi connectivity index (χ0v) is 20.3. The van der Waals surface area contributed by atoms with Gasteiger partial charge in [-0.25, -0.2) is 9.59 Å². The summed E-state index contributed by atoms with van der Waals surface area (Å²) in [6.45, 7) is 4.15. The van der Waals surface area contributed by atoms with Crippen LogP contribution in [0.15, 0.2) is 0 Å². The smallest absolute Gasteiger partial charge is 0.475 e. The van der Waals surface area contributed by atoms with E-state index in [1.807, 2.05) is 11.8 Å². The number of hydrogen-bond acceptors (Lipinski definition) is 8. The van der Waals surface area contributed by atoms with Crippen molar-refractivity contribution in [3.63, 3.8) is 0 Å². The number of urea groups is 1. The predicted molar refractivity (Wildman–Crippen MR) is 122 cm³/mol. The first-order valence-corrected chi connectivity index (χ1v) is 12.4. The van der Waals surface area contributed by atoms with Crippen molar-refractivity contribution in [3.8, 4) is 0 Å². The number of nitrogens with two attached hydrogens (primary N) is 1. The van der Waals surface area contributed by atoms with Crippen molar-refractivity contribution >= 4 is 29.7 Å². The normalized spacial score (nSPS) is 20.9. The molecule has 2 aliphatic heterocycles. The van der Waals surface area contributed by atoms with E-state index in [0.29, 0.717) is 64.4 Å². The van der Waals surface area contributed by atoms with Gasteiger partial charge in [0, 0.05) is 30.5 Å². The SMILES string of the molecule is NCCOCCOCCOCCNC(=O)CCCC[C@@H]1SC[C@@H]2NC(=O)N[C@@H]21.O=C(O)C(F)(F)F. The molecule has 0 aromatic heterocycles. The van der Waals surface area contributed by atoms with Gasteiger partial charge in [-0.05, 0) is 12.8 Å². The number of nitrogens with one attached hydrogen (secondary N) is 3. The number of carboxylic acids is 1. The Labute approximate surface area is 206 Å². The van der Waals surface area contributed by atoms with E-state index in [1.165, 1.54) is 0 Å². The predicted octanol–water partition coefficient (Wildman–Crippen LogP) is 0.470. The number of amides is 3. The van der Waals surface area contributed by atoms with Crippen LogP contribution in [-0.2, 0) is 23.8 Å². The van der Waals surface area contributed by atoms with Crippen LogP contribution in [0.4, 0.5) is 18.0 Å². The van der Waals surface area contributed by atoms with Crippen LogP contribution in [0.2, 0.25) is 0 Å². The zero-order valence-electron chi connectivity index (χ0n) is 19.4. The molecular formula is C20H35F3N4O7S. The monoisotopic (exact) mass is 532 g/mol. The second kappa shape index (κ2) is 17.6. The highest BCUT2D eigenvalue weighted by atomic mass is 32.2. The first-order chi connectivity index (χ1) is 16.6. The standard InChI is InChI=1S/C18H34N4O5S.C2HF3O2/c19-5-7-25-9-11-27-12-10-26-8-6-20-16(23)4-2-1-3-15-17-14(13-28-15)21-18(24)22-17;3-2(4,5)1(6)7/h14-15,17H,1-13,19H2,(H,20,23)(H2,21,22,24);(H,6,7)/t14-,15-,17-;/m0./s1. The summed E-state index contributed by atoms with van der Waals surface area (Å²) in [5.41, 5.74) is 5.31. The van der Waals surface area contributed by atoms with Gasteiger partial charge in [0.05, 0.1) is 51.7 Å². The Balaban J connectivity index is 0.000000762. The highest BCUT2D eigenvalue weighted by Gasteiger charge is 2.42. The number of carbonyl (C=O) groups excluding carboxylic acids is 2. The Morgan fingerprint density at radius 2 is 1.66 bits per heavy atom. The van der Waals surface area contributed by atoms with Crippen LogP contribution in [0.1, 0.15) is 25.7 Å². The second-order valence-corrected chi connectivity index (χ2v) is 8.92. The number of hydrogen-bond donors (Lipinski definition) is 5. The van der Waals surface area contributed by atoms with Crippen LogP contribution in [0.3, 0.4) is 0 Å². The van der Waals surface area contributed by atoms with Gasteiger partial charge < -0.3 is 41.0 Å². The zero-order chi connectivity index (χ0) is 26.1. The van der Waals surface area contributed by atoms with E-state index in [1.54, 1.807) is 0 Å². The van der Waals surface area contributed by atoms with Crippen molar-refractivity contribution < 1.29 is 46.9 Å². The van der Waals surface area contributed by atoms with E-state index in [2.05, 4.69) is 16.0 Å². The average Bonchev–Trinajstić information content (AvgIpc) is 3.34. The Bertz CT molecular complexity index is 646. The minimum absolute atomic E-state index is 0.0509. The number of unbranched alkanes of at least 4 members (excludes halogenated alkanes) is 1. The second-order valence-electron chi connectivity index (χ2n) is 7.65. The van der Waals surface area contributed by atoms with Gasteiger partial charge in [-0.1, -0.05) is 6.42 Å². The molecule has 0 aromatic carbocycles. The third kappa shape index (κ3) is 14.4. The molecule has 35 heavy (non-hydrogen) atoms. The minimum Gasteiger partial charge on any atom is -0.475 e. The van der Waals surface area contributed by atoms with Gasteiger partial charge in [-0.3, -0.25) is 4.79 Å². The van der Waals surface area contributed by atoms with Crippen LogP contribution < -0.4 is 21.7 Å². The van der Waals surface area contributed by atoms with Crippen molar-refractivity contribution in [2.45, 2.75) is 49.2 Å². The third-order valence-electron chi connectivity index (χ3n) is 4.90. The molecule has 2 heterocycles. The molecule has 3 atom stereocenters. The number of alkyl halides is 3. The quantitative estimate of drug-likeness (QED) is 0.141. The molecule has 3 amide bonds. The Hall–Kier alpha value is -1.81. The lowest BCUT2D eigenvalue weighted by molar-refractivity contribution is -0.192. The van der Waals surface area contributed by atoms with Gasteiger partial charge in [-0.2, -0.15) is 24.9 Å². The molecule has 0 aliphatic carbocycles. The van der Waals surface area contributed by atoms with Crippen LogP contribution in [-0.4, -0.2) is 105 Å². The molecule has 0 bridgehead atoms. The summed E-state index contributed by atoms with van der Waals surface area (Å²) in [4.78, 5) is 32.1. The van der Waals surface area contributed by atoms with Crippen molar-refractivity contribution in [2.24, 2.45) is 5.73 Å². The molecule has 2 saturated heterocycles. The molecule has 0 radical (unpaired) electrons. The lowest BCUT2D eigenvalue weighted by Gasteiger charge is -2.16. The number of carbonyl (C=O) groups is 3. The summed E-state index contributed by atoms with van der Waals surface area (Å²) in [5, 5.41) is 16.4. The number of rotatable bonds is 16. The van der Waals surface area contributed by atoms with Crippen LogP contribution in [0.25, 0.3) is 0 Å². The fraction of sp³-hybridized carbons (Fsp3) is 0.850. The molecule has 11 nitrogen and oxygen atoms in total. The summed E-state index contributed by atoms with van der Waals surface area (Å²) in [5.74, 6) is -1.72. The Morgan fingerprint density at radius 3 is 2.26 bits per heavy atom. The maximum Gasteiger partial charge on any atom is 0.490 e. The van der Waals surface area contributed by atoms with Gasteiger partial charge in [0.2, 0.25) is 5.91 Å². The van der Waals surface area contributed by atoms with Crippen molar-refractivity contribution in [3.05, 3.63) is 0 Å². The van der Waals surface area contributed by atoms with Gasteiger partial charge in [0.1, 0.15) is 0 Å². The van der Waals surface area contributed by atoms with Crippen molar-refractivity contribution in [1.29, 1.82) is 0 Å². The number of carboxylic acid groups (broad SMARTS) is 1. The molecule has 0 saturated carbocycles. The Morgan fingerprint density at radius 1 is 1.06 bits per heavy atom. The van der Waals surface area contributed by atoms with Crippen LogP contribution in [0.5, 0.6) is 0 Å². The van der Waals surface area contributed by atoms with E-state index in [-0.39, 0.29) is 24.0 Å². The van der Waals surface area contributed by atoms with Gasteiger partial charge in [0.25, 0.3) is 0 Å². The molecule has 2 rings (SSSR count). The third-order valence-corrected chi connectivity index (χ3v) is 6.41. The van der Waals surface area contributed by atoms with Crippen LogP contribution >= 0.6 is 11.8 Å². The average molecular weight is 533 g/mol. The maximum absolute atomic E-state index is 11.8. The lowest BCUT2D eigenvalue weighted by Crippen LogP contribution is -2.36. The summed E-state index contributed by atoms with van der Waals surface area (Å²) in [6, 6.07) is 0.455. The molecule has 0 aromatic rings. The van der Waals surface area contributed by atoms with E-state index in [9.17, 15) is 22.8 Å². The molecule has 2 fully saturated rings. The van der Waals surface area contributed by atoms with Gasteiger partial charge in [0.15, 0.2) is 0 Å². The van der Waals surface area contributed by atoms with Crippen molar-refractivity contribution in [2.75, 3.05) is 58.5 Å². The van der Waals surface area contributed by atoms with E-state index in [4.69, 9.17) is 29.8 Å². The Kier molecular flexibility index (Phi) is 15.7. The number of fused-ring (bicyclic) bond motifs is 1. The van der Waals surface area contributed by atoms with Crippen molar-refractivity contribution in [1.82, 2.24) is 16.0 Å². The number of aliphatic carboxylic acids is 1. The minimum atomic E-state index is -5.08. The molecule has 2 aliphatic rings. The fourth-order valence-electron chi connectivity index (χ4n) is 3.25. The van der Waals surface area contributed by atoms with E-state index < -0.39 is 12.1 Å². The largest absolute Gasteiger partial charge is 0.490 e. The fourth-order valence-corrected chi connectivity index (χ4v) is 4.79. The summed E-state index contributed by atoms with van der Waals surface area (Å²) in [7, 11) is 0. The molecule has 0 spiro atoms. The van der Waals surface area contributed by atoms with Gasteiger partial charge >= 0.3 is 18.2 Å². The maximum atomic E-state index is 11.8. The number of halogens is 3. The molecule has 15 heteroatoms. The summed E-state index contributed by atoms with van der Waals surface area (Å²) in [6.07, 6.45) is -1.67. The molecule has 0 unspecified atom stereocenters. The topological polar surface area (TPSA) is 161 Å². The first-order valence-electron chi connectivity index (χ1n) is 11.3. The first kappa shape index (κ1) is 31.2. The summed E-state index contributed by atoms with van der Waals surface area (Å²) >= 11 is 1.91. The van der Waals surface area contributed by atoms with Crippen LogP contribution in [0, 0.1) is 0 Å². The van der Waals surface area contributed by atoms with E-state index in [0.717, 1.165) is 25.0 Å².